The molecule has 0 fully saturated rings. The summed E-state index contributed by atoms with van der Waals surface area (Å²) in [5.74, 6) is -0.196. The van der Waals surface area contributed by atoms with Crippen LogP contribution in [0.1, 0.15) is 39.4 Å². The second kappa shape index (κ2) is 11.4. The summed E-state index contributed by atoms with van der Waals surface area (Å²) < 4.78 is 26.9. The molecule has 3 heterocycles. The number of anilines is 1. The van der Waals surface area contributed by atoms with Gasteiger partial charge in [-0.25, -0.2) is 9.59 Å². The van der Waals surface area contributed by atoms with E-state index in [1.54, 1.807) is 39.0 Å². The van der Waals surface area contributed by atoms with Crippen LogP contribution in [0.3, 0.4) is 0 Å². The van der Waals surface area contributed by atoms with Crippen molar-refractivity contribution in [2.24, 2.45) is 0 Å². The molecule has 4 rings (SSSR count). The summed E-state index contributed by atoms with van der Waals surface area (Å²) in [4.78, 5) is 37.7. The van der Waals surface area contributed by atoms with E-state index in [-0.39, 0.29) is 45.5 Å². The minimum atomic E-state index is -0.634. The molecule has 0 spiro atoms. The second-order valence-corrected chi connectivity index (χ2v) is 9.22. The van der Waals surface area contributed by atoms with E-state index in [1.807, 2.05) is 0 Å². The van der Waals surface area contributed by atoms with Gasteiger partial charge in [-0.15, -0.1) is 21.5 Å². The van der Waals surface area contributed by atoms with Gasteiger partial charge in [-0.05, 0) is 44.5 Å². The van der Waals surface area contributed by atoms with Crippen LogP contribution < -0.4 is 14.8 Å². The van der Waals surface area contributed by atoms with Crippen LogP contribution in [0.15, 0.2) is 27.8 Å². The lowest BCUT2D eigenvalue weighted by molar-refractivity contribution is -0.113. The smallest absolute Gasteiger partial charge is 0.348 e. The Kier molecular flexibility index (Phi) is 8.10. The summed E-state index contributed by atoms with van der Waals surface area (Å²) in [5.41, 5.74) is 1.17. The van der Waals surface area contributed by atoms with E-state index in [2.05, 4.69) is 15.5 Å². The number of hydrogen-bond donors (Lipinski definition) is 1. The number of nitrogens with zero attached hydrogens (tertiary/aromatic N) is 2. The van der Waals surface area contributed by atoms with Crippen LogP contribution in [0.4, 0.5) is 5.00 Å². The predicted molar refractivity (Wildman–Crippen MR) is 131 cm³/mol. The molecule has 0 bridgehead atoms. The number of thioether (sulfide) groups is 1. The van der Waals surface area contributed by atoms with Gasteiger partial charge in [0.15, 0.2) is 11.5 Å². The molecule has 0 unspecified atom stereocenters. The SMILES string of the molecule is CCOC(=O)c1sc(NC(=O)CSc2nnc(-c3ccc4c(c3)OCCO4)o2)c(C(=O)OCC)c1C. The molecule has 1 aromatic carbocycles. The van der Waals surface area contributed by atoms with Crippen LogP contribution >= 0.6 is 23.1 Å². The molecule has 0 saturated heterocycles. The first kappa shape index (κ1) is 25.5. The maximum Gasteiger partial charge on any atom is 0.348 e. The Morgan fingerprint density at radius 2 is 1.78 bits per heavy atom. The van der Waals surface area contributed by atoms with Crippen molar-refractivity contribution in [1.82, 2.24) is 10.2 Å². The first-order valence-corrected chi connectivity index (χ1v) is 12.8. The molecule has 11 nitrogen and oxygen atoms in total. The number of hydrogen-bond acceptors (Lipinski definition) is 12. The van der Waals surface area contributed by atoms with E-state index in [0.29, 0.717) is 35.8 Å². The van der Waals surface area contributed by atoms with Gasteiger partial charge in [0, 0.05) is 5.56 Å². The molecule has 0 atom stereocenters. The maximum atomic E-state index is 12.7. The van der Waals surface area contributed by atoms with E-state index in [4.69, 9.17) is 23.4 Å². The summed E-state index contributed by atoms with van der Waals surface area (Å²) in [6.07, 6.45) is 0. The molecular weight excluding hydrogens is 510 g/mol. The van der Waals surface area contributed by atoms with Gasteiger partial charge in [0.25, 0.3) is 5.22 Å². The summed E-state index contributed by atoms with van der Waals surface area (Å²) in [6, 6.07) is 5.29. The fourth-order valence-corrected chi connectivity index (χ4v) is 4.96. The largest absolute Gasteiger partial charge is 0.486 e. The standard InChI is InChI=1S/C23H23N3O8S2/c1-4-30-21(28)17-12(3)18(22(29)31-5-2)36-20(17)24-16(27)11-35-23-26-25-19(34-23)13-6-7-14-15(10-13)33-9-8-32-14/h6-7,10H,4-5,8-9,11H2,1-3H3,(H,24,27). The maximum absolute atomic E-state index is 12.7. The molecular formula is C23H23N3O8S2. The van der Waals surface area contributed by atoms with Crippen molar-refractivity contribution >= 4 is 45.9 Å². The highest BCUT2D eigenvalue weighted by Gasteiger charge is 2.27. The normalized spacial score (nSPS) is 12.2. The number of thiophene rings is 1. The Hall–Kier alpha value is -3.58. The highest BCUT2D eigenvalue weighted by atomic mass is 32.2. The van der Waals surface area contributed by atoms with Gasteiger partial charge in [0.05, 0.1) is 24.5 Å². The van der Waals surface area contributed by atoms with Gasteiger partial charge in [-0.1, -0.05) is 11.8 Å². The highest BCUT2D eigenvalue weighted by Crippen LogP contribution is 2.36. The van der Waals surface area contributed by atoms with Crippen LogP contribution in [0.2, 0.25) is 0 Å². The van der Waals surface area contributed by atoms with Gasteiger partial charge in [-0.2, -0.15) is 0 Å². The van der Waals surface area contributed by atoms with Gasteiger partial charge in [0.2, 0.25) is 11.8 Å². The molecule has 36 heavy (non-hydrogen) atoms. The van der Waals surface area contributed by atoms with Gasteiger partial charge >= 0.3 is 11.9 Å². The number of fused-ring (bicyclic) bond motifs is 1. The lowest BCUT2D eigenvalue weighted by Crippen LogP contribution is -2.16. The zero-order valence-electron chi connectivity index (χ0n) is 19.7. The van der Waals surface area contributed by atoms with E-state index >= 15 is 0 Å². The fourth-order valence-electron chi connectivity index (χ4n) is 3.29. The third kappa shape index (κ3) is 5.62. The van der Waals surface area contributed by atoms with Gasteiger partial charge in [0.1, 0.15) is 23.1 Å². The monoisotopic (exact) mass is 533 g/mol. The summed E-state index contributed by atoms with van der Waals surface area (Å²) in [6.45, 7) is 6.24. The number of ether oxygens (including phenoxy) is 4. The third-order valence-electron chi connectivity index (χ3n) is 4.86. The number of aromatic nitrogens is 2. The molecule has 190 valence electrons. The molecule has 2 aromatic heterocycles. The summed E-state index contributed by atoms with van der Waals surface area (Å²) in [7, 11) is 0. The average Bonchev–Trinajstić information content (AvgIpc) is 3.47. The molecule has 1 aliphatic rings. The lowest BCUT2D eigenvalue weighted by Gasteiger charge is -2.18. The number of benzene rings is 1. The second-order valence-electron chi connectivity index (χ2n) is 7.27. The summed E-state index contributed by atoms with van der Waals surface area (Å²) in [5, 5.41) is 11.1. The molecule has 1 N–H and O–H groups in total. The number of carbonyl (C=O) groups is 3. The summed E-state index contributed by atoms with van der Waals surface area (Å²) >= 11 is 1.99. The molecule has 0 saturated carbocycles. The third-order valence-corrected chi connectivity index (χ3v) is 6.87. The Bertz CT molecular complexity index is 1290. The average molecular weight is 534 g/mol. The Balaban J connectivity index is 1.43. The van der Waals surface area contributed by atoms with Crippen molar-refractivity contribution < 1.29 is 37.7 Å². The van der Waals surface area contributed by atoms with Crippen LogP contribution in [0.5, 0.6) is 11.5 Å². The van der Waals surface area contributed by atoms with E-state index in [0.717, 1.165) is 23.1 Å². The number of nitrogens with one attached hydrogen (secondary N) is 1. The van der Waals surface area contributed by atoms with Gasteiger partial charge < -0.3 is 28.7 Å². The fraction of sp³-hybridized carbons (Fsp3) is 0.348. The Morgan fingerprint density at radius 3 is 2.53 bits per heavy atom. The lowest BCUT2D eigenvalue weighted by atomic mass is 10.1. The van der Waals surface area contributed by atoms with Crippen LogP contribution in [0, 0.1) is 6.92 Å². The van der Waals surface area contributed by atoms with Crippen molar-refractivity contribution in [2.75, 3.05) is 37.5 Å². The van der Waals surface area contributed by atoms with Crippen LogP contribution in [0.25, 0.3) is 11.5 Å². The topological polar surface area (TPSA) is 139 Å². The first-order chi connectivity index (χ1) is 17.4. The minimum Gasteiger partial charge on any atom is -0.486 e. The van der Waals surface area contributed by atoms with Crippen molar-refractivity contribution in [2.45, 2.75) is 26.0 Å². The minimum absolute atomic E-state index is 0.0727. The Labute approximate surface area is 214 Å². The van der Waals surface area contributed by atoms with Crippen LogP contribution in [-0.4, -0.2) is 60.2 Å². The predicted octanol–water partition coefficient (Wildman–Crippen LogP) is 3.96. The van der Waals surface area contributed by atoms with Crippen molar-refractivity contribution in [3.8, 4) is 23.0 Å². The highest BCUT2D eigenvalue weighted by molar-refractivity contribution is 7.99. The van der Waals surface area contributed by atoms with E-state index in [1.165, 1.54) is 0 Å². The first-order valence-electron chi connectivity index (χ1n) is 11.0. The molecule has 0 radical (unpaired) electrons. The molecule has 3 aromatic rings. The Morgan fingerprint density at radius 1 is 1.06 bits per heavy atom. The van der Waals surface area contributed by atoms with Crippen molar-refractivity contribution in [3.05, 3.63) is 34.2 Å². The van der Waals surface area contributed by atoms with E-state index in [9.17, 15) is 14.4 Å². The molecule has 1 amide bonds. The van der Waals surface area contributed by atoms with E-state index < -0.39 is 17.8 Å². The zero-order valence-corrected chi connectivity index (χ0v) is 21.4. The van der Waals surface area contributed by atoms with Crippen molar-refractivity contribution in [1.29, 1.82) is 0 Å². The molecule has 0 aliphatic carbocycles. The number of carbonyl (C=O) groups excluding carboxylic acids is 3. The number of rotatable bonds is 9. The van der Waals surface area contributed by atoms with Crippen LogP contribution in [-0.2, 0) is 14.3 Å². The zero-order chi connectivity index (χ0) is 25.7. The molecule has 1 aliphatic heterocycles. The number of amides is 1. The molecule has 13 heteroatoms. The van der Waals surface area contributed by atoms with Gasteiger partial charge in [-0.3, -0.25) is 4.79 Å². The van der Waals surface area contributed by atoms with Crippen molar-refractivity contribution in [3.63, 3.8) is 0 Å². The quantitative estimate of drug-likeness (QED) is 0.316. The number of esters is 2.